The van der Waals surface area contributed by atoms with Gasteiger partial charge in [0.25, 0.3) is 5.69 Å². The normalized spacial score (nSPS) is 10.7. The Morgan fingerprint density at radius 3 is 2.63 bits per heavy atom. The summed E-state index contributed by atoms with van der Waals surface area (Å²) in [4.78, 5) is 14.9. The Balaban J connectivity index is 2.44. The molecule has 2 heterocycles. The number of pyridine rings is 1. The highest BCUT2D eigenvalue weighted by molar-refractivity contribution is 5.47. The minimum Gasteiger partial charge on any atom is -0.381 e. The zero-order valence-electron chi connectivity index (χ0n) is 10.9. The monoisotopic (exact) mass is 262 g/mol. The van der Waals surface area contributed by atoms with Crippen LogP contribution in [0.15, 0.2) is 6.20 Å². The Morgan fingerprint density at radius 2 is 2.11 bits per heavy atom. The van der Waals surface area contributed by atoms with Gasteiger partial charge in [-0.1, -0.05) is 5.21 Å². The predicted octanol–water partition coefficient (Wildman–Crippen LogP) is 1.14. The Labute approximate surface area is 109 Å². The van der Waals surface area contributed by atoms with Gasteiger partial charge in [-0.25, -0.2) is 4.68 Å². The van der Waals surface area contributed by atoms with Crippen LogP contribution in [-0.4, -0.2) is 24.9 Å². The Bertz CT molecular complexity index is 649. The lowest BCUT2D eigenvalue weighted by Gasteiger charge is -2.08. The molecule has 0 aliphatic carbocycles. The molecule has 0 unspecified atom stereocenters. The zero-order chi connectivity index (χ0) is 14.2. The van der Waals surface area contributed by atoms with Crippen molar-refractivity contribution in [3.8, 4) is 0 Å². The number of nitrogen functional groups attached to an aromatic ring is 1. The van der Waals surface area contributed by atoms with Crippen molar-refractivity contribution in [1.29, 1.82) is 0 Å². The maximum absolute atomic E-state index is 11.0. The molecule has 0 aliphatic rings. The lowest BCUT2D eigenvalue weighted by atomic mass is 10.1. The van der Waals surface area contributed by atoms with E-state index in [-0.39, 0.29) is 5.69 Å². The highest BCUT2D eigenvalue weighted by atomic mass is 16.6. The summed E-state index contributed by atoms with van der Waals surface area (Å²) in [6.07, 6.45) is 1.50. The molecule has 0 atom stereocenters. The van der Waals surface area contributed by atoms with Crippen molar-refractivity contribution >= 4 is 11.5 Å². The molecule has 2 rings (SSSR count). The minimum atomic E-state index is -0.390. The third kappa shape index (κ3) is 2.24. The van der Waals surface area contributed by atoms with Crippen molar-refractivity contribution in [1.82, 2.24) is 20.0 Å². The smallest absolute Gasteiger partial charge is 0.278 e. The van der Waals surface area contributed by atoms with Crippen LogP contribution in [0.5, 0.6) is 0 Å². The van der Waals surface area contributed by atoms with E-state index in [2.05, 4.69) is 15.3 Å². The minimum absolute atomic E-state index is 0.0933. The molecule has 19 heavy (non-hydrogen) atoms. The van der Waals surface area contributed by atoms with Gasteiger partial charge in [-0.2, -0.15) is 0 Å². The molecule has 0 bridgehead atoms. The summed E-state index contributed by atoms with van der Waals surface area (Å²) in [5.41, 5.74) is 8.09. The van der Waals surface area contributed by atoms with Gasteiger partial charge in [-0.3, -0.25) is 15.1 Å². The number of nitrogens with zero attached hydrogens (tertiary/aromatic N) is 5. The molecule has 8 nitrogen and oxygen atoms in total. The van der Waals surface area contributed by atoms with E-state index in [1.807, 2.05) is 0 Å². The van der Waals surface area contributed by atoms with E-state index >= 15 is 0 Å². The van der Waals surface area contributed by atoms with E-state index < -0.39 is 4.92 Å². The van der Waals surface area contributed by atoms with Crippen LogP contribution in [0.2, 0.25) is 0 Å². The molecule has 0 fully saturated rings. The van der Waals surface area contributed by atoms with Crippen LogP contribution in [0.25, 0.3) is 0 Å². The first-order valence-electron chi connectivity index (χ1n) is 5.66. The van der Waals surface area contributed by atoms with Crippen molar-refractivity contribution in [2.75, 3.05) is 5.73 Å². The van der Waals surface area contributed by atoms with Crippen LogP contribution >= 0.6 is 0 Å². The quantitative estimate of drug-likeness (QED) is 0.655. The summed E-state index contributed by atoms with van der Waals surface area (Å²) < 4.78 is 1.57. The van der Waals surface area contributed by atoms with E-state index in [0.717, 1.165) is 0 Å². The highest BCUT2D eigenvalue weighted by Crippen LogP contribution is 2.24. The van der Waals surface area contributed by atoms with Gasteiger partial charge in [0.05, 0.1) is 28.4 Å². The summed E-state index contributed by atoms with van der Waals surface area (Å²) in [5, 5.41) is 18.7. The van der Waals surface area contributed by atoms with E-state index in [1.54, 1.807) is 25.5 Å². The van der Waals surface area contributed by atoms with Gasteiger partial charge in [0.2, 0.25) is 0 Å². The molecule has 0 spiro atoms. The van der Waals surface area contributed by atoms with Gasteiger partial charge < -0.3 is 5.73 Å². The third-order valence-corrected chi connectivity index (χ3v) is 3.08. The molecule has 2 aromatic heterocycles. The molecular formula is C11H14N6O2. The number of nitrogens with two attached hydrogens (primary N) is 1. The van der Waals surface area contributed by atoms with Gasteiger partial charge in [0.15, 0.2) is 5.82 Å². The van der Waals surface area contributed by atoms with Crippen LogP contribution in [0.4, 0.5) is 11.5 Å². The fraction of sp³-hybridized carbons (Fsp3) is 0.364. The number of hydrogen-bond acceptors (Lipinski definition) is 6. The maximum atomic E-state index is 11.0. The largest absolute Gasteiger partial charge is 0.381 e. The number of hydrogen-bond donors (Lipinski definition) is 1. The Hall–Kier alpha value is -2.51. The molecule has 0 saturated carbocycles. The first-order chi connectivity index (χ1) is 8.91. The Kier molecular flexibility index (Phi) is 3.16. The number of nitro groups is 1. The van der Waals surface area contributed by atoms with Crippen molar-refractivity contribution in [2.24, 2.45) is 0 Å². The highest BCUT2D eigenvalue weighted by Gasteiger charge is 2.19. The molecule has 0 saturated heterocycles. The van der Waals surface area contributed by atoms with Crippen LogP contribution in [0.3, 0.4) is 0 Å². The summed E-state index contributed by atoms with van der Waals surface area (Å²) in [6.45, 7) is 5.44. The molecule has 0 amide bonds. The van der Waals surface area contributed by atoms with Crippen molar-refractivity contribution in [3.05, 3.63) is 38.8 Å². The number of anilines is 1. The SMILES string of the molecule is Cc1cnc(Cn2nnc(N)c2C)c(C)c1[N+](=O)[O-]. The molecule has 2 aromatic rings. The molecule has 100 valence electrons. The number of aryl methyl sites for hydroxylation is 1. The second-order valence-electron chi connectivity index (χ2n) is 4.34. The predicted molar refractivity (Wildman–Crippen MR) is 68.6 cm³/mol. The fourth-order valence-electron chi connectivity index (χ4n) is 1.87. The number of rotatable bonds is 3. The second kappa shape index (κ2) is 4.63. The second-order valence-corrected chi connectivity index (χ2v) is 4.34. The molecule has 0 aromatic carbocycles. The van der Waals surface area contributed by atoms with E-state index in [9.17, 15) is 10.1 Å². The van der Waals surface area contributed by atoms with Crippen molar-refractivity contribution < 1.29 is 4.92 Å². The molecular weight excluding hydrogens is 248 g/mol. The van der Waals surface area contributed by atoms with Gasteiger partial charge >= 0.3 is 0 Å². The number of aromatic nitrogens is 4. The first-order valence-corrected chi connectivity index (χ1v) is 5.66. The third-order valence-electron chi connectivity index (χ3n) is 3.08. The van der Waals surface area contributed by atoms with Gasteiger partial charge in [-0.15, -0.1) is 5.10 Å². The topological polar surface area (TPSA) is 113 Å². The standard InChI is InChI=1S/C11H14N6O2/c1-6-4-13-9(7(2)10(6)17(18)19)5-16-8(3)11(12)14-15-16/h4H,5,12H2,1-3H3. The summed E-state index contributed by atoms with van der Waals surface area (Å²) in [6, 6.07) is 0. The average molecular weight is 262 g/mol. The Morgan fingerprint density at radius 1 is 1.42 bits per heavy atom. The van der Waals surface area contributed by atoms with Gasteiger partial charge in [-0.05, 0) is 20.8 Å². The zero-order valence-corrected chi connectivity index (χ0v) is 10.9. The molecule has 0 radical (unpaired) electrons. The lowest BCUT2D eigenvalue weighted by molar-refractivity contribution is -0.386. The van der Waals surface area contributed by atoms with Crippen molar-refractivity contribution in [2.45, 2.75) is 27.3 Å². The summed E-state index contributed by atoms with van der Waals surface area (Å²) in [5.74, 6) is 0.347. The average Bonchev–Trinajstić information content (AvgIpc) is 2.64. The van der Waals surface area contributed by atoms with Crippen LogP contribution in [0, 0.1) is 30.9 Å². The summed E-state index contributed by atoms with van der Waals surface area (Å²) in [7, 11) is 0. The van der Waals surface area contributed by atoms with Gasteiger partial charge in [0, 0.05) is 11.8 Å². The lowest BCUT2D eigenvalue weighted by Crippen LogP contribution is -2.09. The molecule has 0 aliphatic heterocycles. The van der Waals surface area contributed by atoms with Crippen LogP contribution in [0.1, 0.15) is 22.5 Å². The molecule has 8 heteroatoms. The van der Waals surface area contributed by atoms with E-state index in [1.165, 1.54) is 6.20 Å². The summed E-state index contributed by atoms with van der Waals surface area (Å²) >= 11 is 0. The fourth-order valence-corrected chi connectivity index (χ4v) is 1.87. The van der Waals surface area contributed by atoms with Crippen LogP contribution in [-0.2, 0) is 6.54 Å². The van der Waals surface area contributed by atoms with E-state index in [0.29, 0.717) is 34.9 Å². The van der Waals surface area contributed by atoms with Crippen molar-refractivity contribution in [3.63, 3.8) is 0 Å². The molecule has 2 N–H and O–H groups in total. The van der Waals surface area contributed by atoms with E-state index in [4.69, 9.17) is 5.73 Å². The van der Waals surface area contributed by atoms with Crippen LogP contribution < -0.4 is 5.73 Å². The van der Waals surface area contributed by atoms with Gasteiger partial charge in [0.1, 0.15) is 0 Å². The first kappa shape index (κ1) is 12.9. The maximum Gasteiger partial charge on any atom is 0.278 e.